The van der Waals surface area contributed by atoms with Gasteiger partial charge in [0.15, 0.2) is 0 Å². The Balaban J connectivity index is 0.00000225. The average Bonchev–Trinajstić information content (AvgIpc) is 3.00. The van der Waals surface area contributed by atoms with E-state index in [9.17, 15) is 4.79 Å². The van der Waals surface area contributed by atoms with Gasteiger partial charge in [-0.15, -0.1) is 12.4 Å². The van der Waals surface area contributed by atoms with E-state index in [0.717, 1.165) is 31.0 Å². The van der Waals surface area contributed by atoms with Gasteiger partial charge in [-0.25, -0.2) is 4.68 Å². The lowest BCUT2D eigenvalue weighted by Crippen LogP contribution is -2.51. The Bertz CT molecular complexity index is 727. The van der Waals surface area contributed by atoms with E-state index in [1.165, 1.54) is 0 Å². The molecule has 7 heteroatoms. The summed E-state index contributed by atoms with van der Waals surface area (Å²) in [6.07, 6.45) is 1.69. The van der Waals surface area contributed by atoms with E-state index >= 15 is 0 Å². The van der Waals surface area contributed by atoms with Crippen molar-refractivity contribution in [2.24, 2.45) is 0 Å². The Kier molecular flexibility index (Phi) is 6.49. The first kappa shape index (κ1) is 19.8. The Morgan fingerprint density at radius 1 is 1.32 bits per heavy atom. The average molecular weight is 383 g/mol. The SMILES string of the molecule is CC1CN(C(=O)c2cnn(-c3ccc(Cl)cc3)c2C(C)C)CCN1.Cl. The van der Waals surface area contributed by atoms with Gasteiger partial charge in [-0.05, 0) is 37.1 Å². The number of aromatic nitrogens is 2. The molecule has 0 bridgehead atoms. The van der Waals surface area contributed by atoms with Crippen molar-refractivity contribution in [2.45, 2.75) is 32.7 Å². The van der Waals surface area contributed by atoms with Crippen LogP contribution in [0.5, 0.6) is 0 Å². The Morgan fingerprint density at radius 3 is 2.60 bits per heavy atom. The number of halogens is 2. The van der Waals surface area contributed by atoms with E-state index in [1.807, 2.05) is 33.8 Å². The third-order valence-electron chi connectivity index (χ3n) is 4.31. The molecule has 0 aliphatic carbocycles. The van der Waals surface area contributed by atoms with Gasteiger partial charge in [0.1, 0.15) is 0 Å². The third kappa shape index (κ3) is 4.17. The van der Waals surface area contributed by atoms with Gasteiger partial charge in [-0.1, -0.05) is 25.4 Å². The van der Waals surface area contributed by atoms with Crippen LogP contribution in [0.4, 0.5) is 0 Å². The zero-order valence-corrected chi connectivity index (χ0v) is 16.3. The van der Waals surface area contributed by atoms with Crippen molar-refractivity contribution >= 4 is 29.9 Å². The Hall–Kier alpha value is -1.56. The van der Waals surface area contributed by atoms with Crippen LogP contribution in [-0.2, 0) is 0 Å². The van der Waals surface area contributed by atoms with Gasteiger partial charge in [0.05, 0.1) is 23.1 Å². The predicted octanol–water partition coefficient (Wildman–Crippen LogP) is 3.50. The minimum Gasteiger partial charge on any atom is -0.336 e. The number of rotatable bonds is 3. The van der Waals surface area contributed by atoms with E-state index in [0.29, 0.717) is 16.6 Å². The molecule has 1 aliphatic heterocycles. The van der Waals surface area contributed by atoms with E-state index in [-0.39, 0.29) is 24.2 Å². The quantitative estimate of drug-likeness (QED) is 0.883. The molecule has 1 aliphatic rings. The van der Waals surface area contributed by atoms with E-state index in [2.05, 4.69) is 31.2 Å². The van der Waals surface area contributed by atoms with E-state index in [1.54, 1.807) is 6.20 Å². The molecule has 1 N–H and O–H groups in total. The normalized spacial score (nSPS) is 17.5. The molecule has 1 fully saturated rings. The highest BCUT2D eigenvalue weighted by Gasteiger charge is 2.27. The lowest BCUT2D eigenvalue weighted by molar-refractivity contribution is 0.0707. The number of nitrogens with one attached hydrogen (secondary N) is 1. The fraction of sp³-hybridized carbons (Fsp3) is 0.444. The number of piperazine rings is 1. The number of nitrogens with zero attached hydrogens (tertiary/aromatic N) is 3. The fourth-order valence-electron chi connectivity index (χ4n) is 3.15. The molecule has 1 aromatic heterocycles. The standard InChI is InChI=1S/C18H23ClN4O.ClH/c1-12(2)17-16(18(24)22-9-8-20-13(3)11-22)10-21-23(17)15-6-4-14(19)5-7-15;/h4-7,10,12-13,20H,8-9,11H2,1-3H3;1H. The maximum atomic E-state index is 13.0. The minimum atomic E-state index is 0. The molecule has 2 heterocycles. The number of amides is 1. The summed E-state index contributed by atoms with van der Waals surface area (Å²) in [5, 5.41) is 8.53. The second-order valence-electron chi connectivity index (χ2n) is 6.59. The summed E-state index contributed by atoms with van der Waals surface area (Å²) in [5.41, 5.74) is 2.54. The smallest absolute Gasteiger partial charge is 0.257 e. The highest BCUT2D eigenvalue weighted by Crippen LogP contribution is 2.25. The maximum absolute atomic E-state index is 13.0. The second kappa shape index (κ2) is 8.21. The van der Waals surface area contributed by atoms with Crippen LogP contribution in [0.15, 0.2) is 30.5 Å². The number of hydrogen-bond acceptors (Lipinski definition) is 3. The summed E-state index contributed by atoms with van der Waals surface area (Å²) in [4.78, 5) is 14.9. The first-order valence-electron chi connectivity index (χ1n) is 8.34. The summed E-state index contributed by atoms with van der Waals surface area (Å²) < 4.78 is 1.85. The molecule has 136 valence electrons. The lowest BCUT2D eigenvalue weighted by Gasteiger charge is -2.32. The van der Waals surface area contributed by atoms with E-state index in [4.69, 9.17) is 11.6 Å². The highest BCUT2D eigenvalue weighted by atomic mass is 35.5. The molecule has 1 unspecified atom stereocenters. The number of benzene rings is 1. The van der Waals surface area contributed by atoms with Crippen molar-refractivity contribution in [3.05, 3.63) is 46.7 Å². The van der Waals surface area contributed by atoms with Gasteiger partial charge < -0.3 is 10.2 Å². The van der Waals surface area contributed by atoms with Crippen LogP contribution in [0.25, 0.3) is 5.69 Å². The monoisotopic (exact) mass is 382 g/mol. The summed E-state index contributed by atoms with van der Waals surface area (Å²) in [6, 6.07) is 7.83. The lowest BCUT2D eigenvalue weighted by atomic mass is 10.0. The molecule has 0 radical (unpaired) electrons. The zero-order valence-electron chi connectivity index (χ0n) is 14.7. The molecule has 1 atom stereocenters. The van der Waals surface area contributed by atoms with Gasteiger partial charge in [-0.3, -0.25) is 4.79 Å². The van der Waals surface area contributed by atoms with Crippen molar-refractivity contribution in [3.8, 4) is 5.69 Å². The van der Waals surface area contributed by atoms with Gasteiger partial charge in [0, 0.05) is 30.7 Å². The summed E-state index contributed by atoms with van der Waals surface area (Å²) in [6.45, 7) is 8.55. The first-order chi connectivity index (χ1) is 11.5. The molecule has 1 amide bonds. The van der Waals surface area contributed by atoms with Crippen molar-refractivity contribution in [2.75, 3.05) is 19.6 Å². The van der Waals surface area contributed by atoms with Gasteiger partial charge in [0.25, 0.3) is 5.91 Å². The van der Waals surface area contributed by atoms with Crippen LogP contribution in [0, 0.1) is 0 Å². The fourth-order valence-corrected chi connectivity index (χ4v) is 3.28. The van der Waals surface area contributed by atoms with Crippen LogP contribution >= 0.6 is 24.0 Å². The van der Waals surface area contributed by atoms with Crippen LogP contribution in [0.3, 0.4) is 0 Å². The minimum absolute atomic E-state index is 0. The molecular weight excluding hydrogens is 359 g/mol. The van der Waals surface area contributed by atoms with Gasteiger partial charge in [0.2, 0.25) is 0 Å². The van der Waals surface area contributed by atoms with Crippen molar-refractivity contribution < 1.29 is 4.79 Å². The van der Waals surface area contributed by atoms with Crippen LogP contribution < -0.4 is 5.32 Å². The molecule has 25 heavy (non-hydrogen) atoms. The van der Waals surface area contributed by atoms with Crippen LogP contribution in [0.1, 0.15) is 42.7 Å². The Labute approximate surface area is 159 Å². The van der Waals surface area contributed by atoms with Gasteiger partial charge >= 0.3 is 0 Å². The molecule has 5 nitrogen and oxygen atoms in total. The van der Waals surface area contributed by atoms with E-state index < -0.39 is 0 Å². The molecule has 1 aromatic carbocycles. The first-order valence-corrected chi connectivity index (χ1v) is 8.71. The number of carbonyl (C=O) groups is 1. The number of hydrogen-bond donors (Lipinski definition) is 1. The second-order valence-corrected chi connectivity index (χ2v) is 7.03. The molecular formula is C18H24Cl2N4O. The highest BCUT2D eigenvalue weighted by molar-refractivity contribution is 6.30. The van der Waals surface area contributed by atoms with Crippen LogP contribution in [-0.4, -0.2) is 46.3 Å². The molecule has 0 spiro atoms. The van der Waals surface area contributed by atoms with Gasteiger partial charge in [-0.2, -0.15) is 5.10 Å². The molecule has 1 saturated heterocycles. The molecule has 3 rings (SSSR count). The van der Waals surface area contributed by atoms with Crippen molar-refractivity contribution in [1.29, 1.82) is 0 Å². The maximum Gasteiger partial charge on any atom is 0.257 e. The summed E-state index contributed by atoms with van der Waals surface area (Å²) in [7, 11) is 0. The molecule has 2 aromatic rings. The number of carbonyl (C=O) groups excluding carboxylic acids is 1. The topological polar surface area (TPSA) is 50.2 Å². The predicted molar refractivity (Wildman–Crippen MR) is 103 cm³/mol. The summed E-state index contributed by atoms with van der Waals surface area (Å²) >= 11 is 5.98. The largest absolute Gasteiger partial charge is 0.336 e. The zero-order chi connectivity index (χ0) is 17.3. The third-order valence-corrected chi connectivity index (χ3v) is 4.56. The summed E-state index contributed by atoms with van der Waals surface area (Å²) in [5.74, 6) is 0.245. The van der Waals surface area contributed by atoms with Crippen molar-refractivity contribution in [1.82, 2.24) is 20.0 Å². The van der Waals surface area contributed by atoms with Crippen molar-refractivity contribution in [3.63, 3.8) is 0 Å². The molecule has 0 saturated carbocycles. The Morgan fingerprint density at radius 2 is 2.00 bits per heavy atom. The van der Waals surface area contributed by atoms with Crippen LogP contribution in [0.2, 0.25) is 5.02 Å².